The highest BCUT2D eigenvalue weighted by molar-refractivity contribution is 5.30. The van der Waals surface area contributed by atoms with Crippen molar-refractivity contribution in [3.63, 3.8) is 0 Å². The fourth-order valence-corrected chi connectivity index (χ4v) is 3.73. The van der Waals surface area contributed by atoms with Gasteiger partial charge in [-0.2, -0.15) is 0 Å². The second-order valence-corrected chi connectivity index (χ2v) is 6.57. The van der Waals surface area contributed by atoms with Crippen molar-refractivity contribution in [3.05, 3.63) is 34.9 Å². The summed E-state index contributed by atoms with van der Waals surface area (Å²) < 4.78 is 5.96. The number of benzene rings is 1. The Morgan fingerprint density at radius 1 is 1.21 bits per heavy atom. The molecule has 1 N–H and O–H groups in total. The summed E-state index contributed by atoms with van der Waals surface area (Å²) in [6.45, 7) is 5.35. The fraction of sp³-hybridized carbons (Fsp3) is 0.647. The topological polar surface area (TPSA) is 29.5 Å². The molecule has 0 spiro atoms. The Morgan fingerprint density at radius 3 is 2.47 bits per heavy atom. The van der Waals surface area contributed by atoms with Crippen LogP contribution in [0.25, 0.3) is 0 Å². The molecule has 19 heavy (non-hydrogen) atoms. The summed E-state index contributed by atoms with van der Waals surface area (Å²) in [4.78, 5) is 0. The van der Waals surface area contributed by atoms with Gasteiger partial charge in [0.15, 0.2) is 0 Å². The zero-order chi connectivity index (χ0) is 13.5. The van der Waals surface area contributed by atoms with Gasteiger partial charge >= 0.3 is 0 Å². The highest BCUT2D eigenvalue weighted by Gasteiger charge is 2.50. The Bertz CT molecular complexity index is 444. The highest BCUT2D eigenvalue weighted by atomic mass is 16.5. The van der Waals surface area contributed by atoms with E-state index in [-0.39, 0.29) is 18.1 Å². The number of hydrogen-bond donors (Lipinski definition) is 1. The highest BCUT2D eigenvalue weighted by Crippen LogP contribution is 2.49. The van der Waals surface area contributed by atoms with E-state index in [1.54, 1.807) is 0 Å². The van der Waals surface area contributed by atoms with E-state index in [0.717, 1.165) is 19.4 Å². The summed E-state index contributed by atoms with van der Waals surface area (Å²) in [5.41, 5.74) is 3.93. The first kappa shape index (κ1) is 13.1. The first-order valence-corrected chi connectivity index (χ1v) is 7.43. The molecule has 2 fully saturated rings. The number of hydrogen-bond acceptors (Lipinski definition) is 2. The second-order valence-electron chi connectivity index (χ2n) is 6.57. The number of aliphatic hydroxyl groups is 1. The van der Waals surface area contributed by atoms with Crippen LogP contribution in [-0.2, 0) is 11.2 Å². The van der Waals surface area contributed by atoms with E-state index in [1.165, 1.54) is 29.5 Å². The van der Waals surface area contributed by atoms with Gasteiger partial charge in [-0.15, -0.1) is 0 Å². The van der Waals surface area contributed by atoms with Gasteiger partial charge in [0.05, 0.1) is 12.7 Å². The van der Waals surface area contributed by atoms with Gasteiger partial charge in [0.1, 0.15) is 0 Å². The van der Waals surface area contributed by atoms with E-state index >= 15 is 0 Å². The van der Waals surface area contributed by atoms with Crippen molar-refractivity contribution < 1.29 is 9.84 Å². The zero-order valence-electron chi connectivity index (χ0n) is 12.0. The average Bonchev–Trinajstić information content (AvgIpc) is 3.10. The van der Waals surface area contributed by atoms with E-state index in [2.05, 4.69) is 32.0 Å². The van der Waals surface area contributed by atoms with Crippen molar-refractivity contribution in [2.24, 2.45) is 11.3 Å². The lowest BCUT2D eigenvalue weighted by Gasteiger charge is -2.32. The van der Waals surface area contributed by atoms with Crippen LogP contribution in [0.15, 0.2) is 18.2 Å². The zero-order valence-corrected chi connectivity index (χ0v) is 12.0. The maximum Gasteiger partial charge on any atom is 0.0685 e. The van der Waals surface area contributed by atoms with E-state index in [9.17, 15) is 5.11 Å². The van der Waals surface area contributed by atoms with Crippen molar-refractivity contribution in [2.75, 3.05) is 13.2 Å². The summed E-state index contributed by atoms with van der Waals surface area (Å²) in [6.07, 6.45) is 4.78. The molecule has 1 aromatic carbocycles. The van der Waals surface area contributed by atoms with Crippen molar-refractivity contribution in [3.8, 4) is 0 Å². The predicted octanol–water partition coefficient (Wildman–Crippen LogP) is 3.02. The lowest BCUT2D eigenvalue weighted by molar-refractivity contribution is 0.000574. The van der Waals surface area contributed by atoms with Gasteiger partial charge < -0.3 is 9.84 Å². The van der Waals surface area contributed by atoms with Gasteiger partial charge in [-0.25, -0.2) is 0 Å². The molecule has 0 aromatic heterocycles. The molecule has 1 saturated carbocycles. The number of ether oxygens (including phenoxy) is 1. The molecule has 104 valence electrons. The second kappa shape index (κ2) is 4.92. The van der Waals surface area contributed by atoms with Crippen molar-refractivity contribution >= 4 is 0 Å². The van der Waals surface area contributed by atoms with Gasteiger partial charge in [0.25, 0.3) is 0 Å². The minimum Gasteiger partial charge on any atom is -0.396 e. The molecule has 2 heteroatoms. The van der Waals surface area contributed by atoms with Crippen LogP contribution in [0.2, 0.25) is 0 Å². The van der Waals surface area contributed by atoms with Crippen LogP contribution >= 0.6 is 0 Å². The molecule has 2 unspecified atom stereocenters. The van der Waals surface area contributed by atoms with Crippen LogP contribution in [-0.4, -0.2) is 24.4 Å². The van der Waals surface area contributed by atoms with Crippen LogP contribution in [0.1, 0.15) is 36.0 Å². The standard InChI is InChI=1S/C17H24O2/c1-12-7-13(2)9-14(8-12)10-17(11-18)5-6-19-16(17)15-3-4-15/h7-9,15-16,18H,3-6,10-11H2,1-2H3. The van der Waals surface area contributed by atoms with Crippen LogP contribution < -0.4 is 0 Å². The molecule has 2 aliphatic rings. The molecule has 2 nitrogen and oxygen atoms in total. The Balaban J connectivity index is 1.85. The third kappa shape index (κ3) is 2.56. The minimum atomic E-state index is -0.0403. The quantitative estimate of drug-likeness (QED) is 0.901. The average molecular weight is 260 g/mol. The molecule has 0 radical (unpaired) electrons. The minimum absolute atomic E-state index is 0.0403. The smallest absolute Gasteiger partial charge is 0.0685 e. The van der Waals surface area contributed by atoms with E-state index in [0.29, 0.717) is 5.92 Å². The summed E-state index contributed by atoms with van der Waals surface area (Å²) in [7, 11) is 0. The Kier molecular flexibility index (Phi) is 3.40. The van der Waals surface area contributed by atoms with Crippen molar-refractivity contribution in [1.82, 2.24) is 0 Å². The first-order chi connectivity index (χ1) is 9.13. The predicted molar refractivity (Wildman–Crippen MR) is 76.2 cm³/mol. The van der Waals surface area contributed by atoms with Crippen LogP contribution in [0, 0.1) is 25.2 Å². The molecular formula is C17H24O2. The Morgan fingerprint density at radius 2 is 1.89 bits per heavy atom. The van der Waals surface area contributed by atoms with Gasteiger partial charge in [-0.3, -0.25) is 0 Å². The number of aryl methyl sites for hydroxylation is 2. The lowest BCUT2D eigenvalue weighted by Crippen LogP contribution is -2.38. The van der Waals surface area contributed by atoms with Gasteiger partial charge in [-0.05, 0) is 51.0 Å². The first-order valence-electron chi connectivity index (χ1n) is 7.43. The molecule has 1 aliphatic heterocycles. The normalized spacial score (nSPS) is 30.8. The summed E-state index contributed by atoms with van der Waals surface area (Å²) in [5.74, 6) is 0.695. The largest absolute Gasteiger partial charge is 0.396 e. The number of aliphatic hydroxyl groups excluding tert-OH is 1. The Labute approximate surface area is 115 Å². The van der Waals surface area contributed by atoms with Gasteiger partial charge in [0, 0.05) is 12.0 Å². The van der Waals surface area contributed by atoms with Crippen molar-refractivity contribution in [1.29, 1.82) is 0 Å². The van der Waals surface area contributed by atoms with E-state index in [1.807, 2.05) is 0 Å². The monoisotopic (exact) mass is 260 g/mol. The summed E-state index contributed by atoms with van der Waals surface area (Å²) in [6, 6.07) is 6.72. The molecular weight excluding hydrogens is 236 g/mol. The Hall–Kier alpha value is -0.860. The van der Waals surface area contributed by atoms with Gasteiger partial charge in [0.2, 0.25) is 0 Å². The third-order valence-corrected chi connectivity index (χ3v) is 4.70. The SMILES string of the molecule is Cc1cc(C)cc(CC2(CO)CCOC2C2CC2)c1. The molecule has 1 aliphatic carbocycles. The van der Waals surface area contributed by atoms with Crippen LogP contribution in [0.4, 0.5) is 0 Å². The number of rotatable bonds is 4. The van der Waals surface area contributed by atoms with Gasteiger partial charge in [-0.1, -0.05) is 29.3 Å². The maximum absolute atomic E-state index is 9.98. The molecule has 1 heterocycles. The molecule has 0 bridgehead atoms. The molecule has 1 saturated heterocycles. The lowest BCUT2D eigenvalue weighted by atomic mass is 9.74. The summed E-state index contributed by atoms with van der Waals surface area (Å²) in [5, 5.41) is 9.98. The van der Waals surface area contributed by atoms with Crippen LogP contribution in [0.3, 0.4) is 0 Å². The fourth-order valence-electron chi connectivity index (χ4n) is 3.73. The molecule has 0 amide bonds. The molecule has 1 aromatic rings. The summed E-state index contributed by atoms with van der Waals surface area (Å²) >= 11 is 0. The maximum atomic E-state index is 9.98. The van der Waals surface area contributed by atoms with Crippen molar-refractivity contribution in [2.45, 2.75) is 45.6 Å². The van der Waals surface area contributed by atoms with E-state index in [4.69, 9.17) is 4.74 Å². The third-order valence-electron chi connectivity index (χ3n) is 4.70. The molecule has 2 atom stereocenters. The van der Waals surface area contributed by atoms with Crippen LogP contribution in [0.5, 0.6) is 0 Å². The van der Waals surface area contributed by atoms with E-state index < -0.39 is 0 Å². The molecule has 3 rings (SSSR count).